The minimum absolute atomic E-state index is 0.127. The van der Waals surface area contributed by atoms with Crippen LogP contribution < -0.4 is 10.0 Å². The van der Waals surface area contributed by atoms with Gasteiger partial charge in [0.2, 0.25) is 0 Å². The van der Waals surface area contributed by atoms with Crippen LogP contribution in [0.2, 0.25) is 0 Å². The molecule has 0 saturated carbocycles. The SMILES string of the molecule is CCC(NS(=O)(=O)c1[nH]ncc1CNC)c1cccs1. The molecule has 0 amide bonds. The molecular formula is C12H18N4O2S2. The molecule has 3 N–H and O–H groups in total. The summed E-state index contributed by atoms with van der Waals surface area (Å²) in [4.78, 5) is 1.01. The lowest BCUT2D eigenvalue weighted by Crippen LogP contribution is -2.29. The summed E-state index contributed by atoms with van der Waals surface area (Å²) >= 11 is 1.54. The molecule has 0 bridgehead atoms. The van der Waals surface area contributed by atoms with Crippen molar-refractivity contribution in [3.63, 3.8) is 0 Å². The number of rotatable bonds is 7. The van der Waals surface area contributed by atoms with Crippen LogP contribution in [0.3, 0.4) is 0 Å². The maximum Gasteiger partial charge on any atom is 0.258 e. The third kappa shape index (κ3) is 3.26. The second-order valence-corrected chi connectivity index (χ2v) is 6.98. The molecule has 2 rings (SSSR count). The number of H-pyrrole nitrogens is 1. The quantitative estimate of drug-likeness (QED) is 0.725. The minimum Gasteiger partial charge on any atom is -0.316 e. The van der Waals surface area contributed by atoms with E-state index in [1.165, 1.54) is 6.20 Å². The molecule has 0 fully saturated rings. The van der Waals surface area contributed by atoms with Crippen LogP contribution in [-0.2, 0) is 16.6 Å². The maximum absolute atomic E-state index is 12.4. The summed E-state index contributed by atoms with van der Waals surface area (Å²) in [6, 6.07) is 3.63. The topological polar surface area (TPSA) is 86.9 Å². The Labute approximate surface area is 122 Å². The number of aromatic nitrogens is 2. The van der Waals surface area contributed by atoms with Crippen molar-refractivity contribution in [3.05, 3.63) is 34.2 Å². The Kier molecular flexibility index (Phi) is 4.92. The maximum atomic E-state index is 12.4. The van der Waals surface area contributed by atoms with Gasteiger partial charge in [0.25, 0.3) is 10.0 Å². The first-order valence-corrected chi connectivity index (χ1v) is 8.67. The van der Waals surface area contributed by atoms with E-state index in [-0.39, 0.29) is 11.1 Å². The van der Waals surface area contributed by atoms with Gasteiger partial charge in [-0.3, -0.25) is 5.10 Å². The van der Waals surface area contributed by atoms with Gasteiger partial charge in [0.05, 0.1) is 12.2 Å². The van der Waals surface area contributed by atoms with Crippen molar-refractivity contribution >= 4 is 21.4 Å². The summed E-state index contributed by atoms with van der Waals surface area (Å²) in [5.41, 5.74) is 0.626. The Morgan fingerprint density at radius 3 is 2.90 bits per heavy atom. The summed E-state index contributed by atoms with van der Waals surface area (Å²) in [6.07, 6.45) is 2.21. The Hall–Kier alpha value is -1.22. The van der Waals surface area contributed by atoms with Crippen LogP contribution in [0.15, 0.2) is 28.7 Å². The van der Waals surface area contributed by atoms with Crippen LogP contribution in [0.1, 0.15) is 29.8 Å². The zero-order valence-corrected chi connectivity index (χ0v) is 13.0. The lowest BCUT2D eigenvalue weighted by atomic mass is 10.2. The fourth-order valence-corrected chi connectivity index (χ4v) is 4.29. The van der Waals surface area contributed by atoms with Gasteiger partial charge >= 0.3 is 0 Å². The van der Waals surface area contributed by atoms with Crippen LogP contribution in [0, 0.1) is 0 Å². The molecule has 2 aromatic heterocycles. The average Bonchev–Trinajstić information content (AvgIpc) is 3.07. The zero-order chi connectivity index (χ0) is 14.6. The number of nitrogens with one attached hydrogen (secondary N) is 3. The third-order valence-electron chi connectivity index (χ3n) is 2.91. The Bertz CT molecular complexity index is 634. The van der Waals surface area contributed by atoms with Gasteiger partial charge in [-0.25, -0.2) is 13.1 Å². The van der Waals surface area contributed by atoms with Gasteiger partial charge in [0, 0.05) is 17.0 Å². The van der Waals surface area contributed by atoms with E-state index in [0.717, 1.165) is 4.88 Å². The highest BCUT2D eigenvalue weighted by Crippen LogP contribution is 2.24. The van der Waals surface area contributed by atoms with Crippen LogP contribution in [0.5, 0.6) is 0 Å². The number of thiophene rings is 1. The Balaban J connectivity index is 2.24. The van der Waals surface area contributed by atoms with Gasteiger partial charge in [-0.05, 0) is 24.9 Å². The summed E-state index contributed by atoms with van der Waals surface area (Å²) in [5.74, 6) is 0. The van der Waals surface area contributed by atoms with Crippen LogP contribution in [0.25, 0.3) is 0 Å². The fraction of sp³-hybridized carbons (Fsp3) is 0.417. The molecule has 1 unspecified atom stereocenters. The first-order chi connectivity index (χ1) is 9.58. The molecule has 8 heteroatoms. The van der Waals surface area contributed by atoms with E-state index in [4.69, 9.17) is 0 Å². The number of hydrogen-bond acceptors (Lipinski definition) is 5. The highest BCUT2D eigenvalue weighted by molar-refractivity contribution is 7.89. The van der Waals surface area contributed by atoms with Gasteiger partial charge in [-0.2, -0.15) is 5.10 Å². The first-order valence-electron chi connectivity index (χ1n) is 6.31. The normalized spacial score (nSPS) is 13.5. The molecule has 1 atom stereocenters. The van der Waals surface area contributed by atoms with Crippen molar-refractivity contribution in [2.45, 2.75) is 31.0 Å². The third-order valence-corrected chi connectivity index (χ3v) is 5.38. The highest BCUT2D eigenvalue weighted by Gasteiger charge is 2.24. The number of sulfonamides is 1. The molecule has 2 heterocycles. The van der Waals surface area contributed by atoms with E-state index in [1.807, 2.05) is 24.4 Å². The van der Waals surface area contributed by atoms with Crippen molar-refractivity contribution in [1.82, 2.24) is 20.2 Å². The molecule has 0 saturated heterocycles. The lowest BCUT2D eigenvalue weighted by Gasteiger charge is -2.15. The molecule has 0 spiro atoms. The molecule has 20 heavy (non-hydrogen) atoms. The average molecular weight is 314 g/mol. The summed E-state index contributed by atoms with van der Waals surface area (Å²) < 4.78 is 27.6. The van der Waals surface area contributed by atoms with E-state index in [0.29, 0.717) is 18.5 Å². The summed E-state index contributed by atoms with van der Waals surface area (Å²) in [7, 11) is -1.85. The van der Waals surface area contributed by atoms with Gasteiger partial charge in [0.1, 0.15) is 0 Å². The lowest BCUT2D eigenvalue weighted by molar-refractivity contribution is 0.547. The second kappa shape index (κ2) is 6.49. The van der Waals surface area contributed by atoms with Gasteiger partial charge in [-0.1, -0.05) is 13.0 Å². The molecule has 0 aliphatic heterocycles. The second-order valence-electron chi connectivity index (χ2n) is 4.35. The Morgan fingerprint density at radius 2 is 2.30 bits per heavy atom. The predicted molar refractivity (Wildman–Crippen MR) is 79.0 cm³/mol. The van der Waals surface area contributed by atoms with Gasteiger partial charge in [-0.15, -0.1) is 11.3 Å². The van der Waals surface area contributed by atoms with E-state index in [2.05, 4.69) is 20.2 Å². The highest BCUT2D eigenvalue weighted by atomic mass is 32.2. The smallest absolute Gasteiger partial charge is 0.258 e. The van der Waals surface area contributed by atoms with Crippen LogP contribution in [-0.4, -0.2) is 25.7 Å². The standard InChI is InChI=1S/C12H18N4O2S2/c1-3-10(11-5-4-6-19-11)16-20(17,18)12-9(7-13-2)8-14-15-12/h4-6,8,10,13,16H,3,7H2,1-2H3,(H,14,15). The summed E-state index contributed by atoms with van der Waals surface area (Å²) in [5, 5.41) is 11.4. The van der Waals surface area contributed by atoms with E-state index >= 15 is 0 Å². The van der Waals surface area contributed by atoms with Crippen molar-refractivity contribution in [2.75, 3.05) is 7.05 Å². The molecule has 0 aliphatic carbocycles. The largest absolute Gasteiger partial charge is 0.316 e. The van der Waals surface area contributed by atoms with Crippen molar-refractivity contribution in [2.24, 2.45) is 0 Å². The van der Waals surface area contributed by atoms with Crippen molar-refractivity contribution in [1.29, 1.82) is 0 Å². The fourth-order valence-electron chi connectivity index (χ4n) is 1.93. The zero-order valence-electron chi connectivity index (χ0n) is 11.4. The van der Waals surface area contributed by atoms with Crippen LogP contribution >= 0.6 is 11.3 Å². The molecule has 0 radical (unpaired) electrons. The predicted octanol–water partition coefficient (Wildman–Crippen LogP) is 1.62. The molecule has 6 nitrogen and oxygen atoms in total. The first kappa shape index (κ1) is 15.2. The molecule has 2 aromatic rings. The van der Waals surface area contributed by atoms with E-state index < -0.39 is 10.0 Å². The van der Waals surface area contributed by atoms with Gasteiger partial charge < -0.3 is 5.32 Å². The molecule has 0 aromatic carbocycles. The van der Waals surface area contributed by atoms with Crippen molar-refractivity contribution < 1.29 is 8.42 Å². The monoisotopic (exact) mass is 314 g/mol. The molecule has 110 valence electrons. The minimum atomic E-state index is -3.61. The van der Waals surface area contributed by atoms with Gasteiger partial charge in [0.15, 0.2) is 5.03 Å². The van der Waals surface area contributed by atoms with E-state index in [1.54, 1.807) is 18.4 Å². The van der Waals surface area contributed by atoms with E-state index in [9.17, 15) is 8.42 Å². The Morgan fingerprint density at radius 1 is 1.50 bits per heavy atom. The number of hydrogen-bond donors (Lipinski definition) is 3. The molecule has 0 aliphatic rings. The number of aromatic amines is 1. The number of nitrogens with zero attached hydrogens (tertiary/aromatic N) is 1. The van der Waals surface area contributed by atoms with Crippen molar-refractivity contribution in [3.8, 4) is 0 Å². The van der Waals surface area contributed by atoms with Crippen LogP contribution in [0.4, 0.5) is 0 Å². The summed E-state index contributed by atoms with van der Waals surface area (Å²) in [6.45, 7) is 2.40. The molecular weight excluding hydrogens is 296 g/mol.